The maximum absolute atomic E-state index is 9.76. The number of nitriles is 2. The Kier molecular flexibility index (Phi) is 3.96. The quantitative estimate of drug-likeness (QED) is 0.701. The highest BCUT2D eigenvalue weighted by Crippen LogP contribution is 2.49. The van der Waals surface area contributed by atoms with Gasteiger partial charge in [-0.3, -0.25) is 0 Å². The summed E-state index contributed by atoms with van der Waals surface area (Å²) in [6.07, 6.45) is 1.75. The van der Waals surface area contributed by atoms with Gasteiger partial charge in [0.2, 0.25) is 0 Å². The van der Waals surface area contributed by atoms with Gasteiger partial charge >= 0.3 is 0 Å². The van der Waals surface area contributed by atoms with Gasteiger partial charge in [0.1, 0.15) is 11.7 Å². The van der Waals surface area contributed by atoms with E-state index in [1.165, 1.54) is 5.56 Å². The fourth-order valence-electron chi connectivity index (χ4n) is 4.63. The second-order valence-corrected chi connectivity index (χ2v) is 7.49. The van der Waals surface area contributed by atoms with E-state index < -0.39 is 5.92 Å². The summed E-state index contributed by atoms with van der Waals surface area (Å²) in [5.74, 6) is -0.176. The number of fused-ring (bicyclic) bond motifs is 3. The van der Waals surface area contributed by atoms with E-state index in [0.29, 0.717) is 0 Å². The third kappa shape index (κ3) is 2.56. The van der Waals surface area contributed by atoms with E-state index in [0.717, 1.165) is 52.4 Å². The zero-order valence-corrected chi connectivity index (χ0v) is 16.1. The van der Waals surface area contributed by atoms with Crippen molar-refractivity contribution in [2.24, 2.45) is 5.92 Å². The lowest BCUT2D eigenvalue weighted by Gasteiger charge is -2.35. The Hall–Kier alpha value is -3.83. The van der Waals surface area contributed by atoms with E-state index in [1.54, 1.807) is 0 Å². The van der Waals surface area contributed by atoms with Gasteiger partial charge in [-0.2, -0.15) is 15.6 Å². The highest BCUT2D eigenvalue weighted by Gasteiger charge is 2.40. The van der Waals surface area contributed by atoms with Crippen LogP contribution in [0, 0.1) is 35.5 Å². The smallest absolute Gasteiger partial charge is 0.144 e. The number of benzene rings is 2. The van der Waals surface area contributed by atoms with Crippen LogP contribution in [0.5, 0.6) is 0 Å². The minimum atomic E-state index is -0.752. The number of nitrogens with zero attached hydrogens (tertiary/aromatic N) is 4. The number of nitrogens with one attached hydrogen (secondary N) is 1. The van der Waals surface area contributed by atoms with Crippen LogP contribution in [0.25, 0.3) is 11.4 Å². The van der Waals surface area contributed by atoms with E-state index in [-0.39, 0.29) is 5.92 Å². The van der Waals surface area contributed by atoms with Crippen molar-refractivity contribution in [3.63, 3.8) is 0 Å². The molecule has 0 spiro atoms. The topological polar surface area (TPSA) is 77.4 Å². The van der Waals surface area contributed by atoms with E-state index in [2.05, 4.69) is 35.7 Å². The van der Waals surface area contributed by atoms with Gasteiger partial charge in [0, 0.05) is 22.7 Å². The molecule has 0 amide bonds. The molecule has 3 aromatic rings. The summed E-state index contributed by atoms with van der Waals surface area (Å²) >= 11 is 0. The minimum absolute atomic E-state index is 0.276. The molecule has 29 heavy (non-hydrogen) atoms. The highest BCUT2D eigenvalue weighted by molar-refractivity contribution is 5.87. The van der Waals surface area contributed by atoms with Crippen LogP contribution in [0.4, 0.5) is 5.82 Å². The molecule has 5 rings (SSSR count). The first-order valence-electron chi connectivity index (χ1n) is 9.75. The van der Waals surface area contributed by atoms with Crippen LogP contribution >= 0.6 is 0 Å². The van der Waals surface area contributed by atoms with Crippen molar-refractivity contribution in [1.82, 2.24) is 9.78 Å². The Labute approximate surface area is 169 Å². The molecule has 0 fully saturated rings. The molecule has 2 heterocycles. The molecule has 0 bridgehead atoms. The van der Waals surface area contributed by atoms with E-state index in [9.17, 15) is 10.5 Å². The van der Waals surface area contributed by atoms with Gasteiger partial charge in [0.15, 0.2) is 0 Å². The molecular formula is C24H19N5. The Morgan fingerprint density at radius 2 is 1.76 bits per heavy atom. The Morgan fingerprint density at radius 3 is 2.52 bits per heavy atom. The molecule has 5 heteroatoms. The molecule has 1 unspecified atom stereocenters. The lowest BCUT2D eigenvalue weighted by molar-refractivity contribution is 0.649. The molecule has 5 nitrogen and oxygen atoms in total. The van der Waals surface area contributed by atoms with Crippen molar-refractivity contribution >= 4 is 11.5 Å². The number of anilines is 1. The van der Waals surface area contributed by atoms with Crippen molar-refractivity contribution < 1.29 is 0 Å². The van der Waals surface area contributed by atoms with Crippen LogP contribution < -0.4 is 5.32 Å². The zero-order valence-electron chi connectivity index (χ0n) is 16.1. The Morgan fingerprint density at radius 1 is 1.03 bits per heavy atom. The van der Waals surface area contributed by atoms with Crippen LogP contribution in [0.2, 0.25) is 0 Å². The van der Waals surface area contributed by atoms with Gasteiger partial charge in [-0.05, 0) is 43.0 Å². The van der Waals surface area contributed by atoms with Crippen molar-refractivity contribution in [2.75, 3.05) is 5.32 Å². The zero-order chi connectivity index (χ0) is 20.0. The fourth-order valence-corrected chi connectivity index (χ4v) is 4.63. The standard InChI is InChI=1S/C24H19N5/c1-15-21-22(17(13-25)14-26)20-12-11-16-7-5-6-10-19(16)23(20)27-24(21)29(28-15)18-8-3-2-4-9-18/h2-10,17,22,27H,11-12H2,1H3. The van der Waals surface area contributed by atoms with Crippen LogP contribution in [-0.4, -0.2) is 9.78 Å². The first-order chi connectivity index (χ1) is 14.2. The van der Waals surface area contributed by atoms with E-state index in [1.807, 2.05) is 48.0 Å². The van der Waals surface area contributed by atoms with Gasteiger partial charge in [-0.1, -0.05) is 42.5 Å². The predicted molar refractivity (Wildman–Crippen MR) is 111 cm³/mol. The molecule has 0 radical (unpaired) electrons. The molecule has 2 aliphatic rings. The molecule has 140 valence electrons. The monoisotopic (exact) mass is 377 g/mol. The molecule has 1 aromatic heterocycles. The van der Waals surface area contributed by atoms with Crippen molar-refractivity contribution in [2.45, 2.75) is 25.7 Å². The summed E-state index contributed by atoms with van der Waals surface area (Å²) in [6, 6.07) is 22.8. The first-order valence-corrected chi connectivity index (χ1v) is 9.75. The van der Waals surface area contributed by atoms with Crippen LogP contribution in [-0.2, 0) is 6.42 Å². The average Bonchev–Trinajstić information content (AvgIpc) is 3.11. The van der Waals surface area contributed by atoms with Crippen molar-refractivity contribution in [1.29, 1.82) is 10.5 Å². The Bertz CT molecular complexity index is 1210. The highest BCUT2D eigenvalue weighted by atomic mass is 15.3. The summed E-state index contributed by atoms with van der Waals surface area (Å²) in [5.41, 5.74) is 7.35. The molecule has 2 aromatic carbocycles. The number of aromatic nitrogens is 2. The maximum Gasteiger partial charge on any atom is 0.144 e. The minimum Gasteiger partial charge on any atom is -0.339 e. The third-order valence-corrected chi connectivity index (χ3v) is 5.92. The molecule has 0 saturated carbocycles. The largest absolute Gasteiger partial charge is 0.339 e. The second-order valence-electron chi connectivity index (χ2n) is 7.49. The number of para-hydroxylation sites is 1. The predicted octanol–water partition coefficient (Wildman–Crippen LogP) is 4.71. The summed E-state index contributed by atoms with van der Waals surface area (Å²) in [5, 5.41) is 27.9. The van der Waals surface area contributed by atoms with E-state index >= 15 is 0 Å². The average molecular weight is 377 g/mol. The van der Waals surface area contributed by atoms with Crippen LogP contribution in [0.1, 0.15) is 34.7 Å². The number of hydrogen-bond donors (Lipinski definition) is 1. The molecule has 1 aliphatic heterocycles. The summed E-state index contributed by atoms with van der Waals surface area (Å²) in [4.78, 5) is 0. The van der Waals surface area contributed by atoms with Crippen molar-refractivity contribution in [3.8, 4) is 17.8 Å². The number of rotatable bonds is 2. The summed E-state index contributed by atoms with van der Waals surface area (Å²) in [6.45, 7) is 1.96. The molecule has 0 saturated heterocycles. The normalized spacial score (nSPS) is 16.9. The maximum atomic E-state index is 9.76. The van der Waals surface area contributed by atoms with Gasteiger partial charge in [0.05, 0.1) is 23.5 Å². The Balaban J connectivity index is 1.77. The third-order valence-electron chi connectivity index (χ3n) is 5.92. The first kappa shape index (κ1) is 17.3. The van der Waals surface area contributed by atoms with Gasteiger partial charge < -0.3 is 5.32 Å². The van der Waals surface area contributed by atoms with Gasteiger partial charge in [-0.25, -0.2) is 4.68 Å². The second kappa shape index (κ2) is 6.65. The van der Waals surface area contributed by atoms with Gasteiger partial charge in [-0.15, -0.1) is 0 Å². The lowest BCUT2D eigenvalue weighted by Crippen LogP contribution is -2.26. The van der Waals surface area contributed by atoms with Gasteiger partial charge in [0.25, 0.3) is 0 Å². The number of allylic oxidation sites excluding steroid dienone is 1. The fraction of sp³-hybridized carbons (Fsp3) is 0.208. The van der Waals surface area contributed by atoms with Crippen molar-refractivity contribution in [3.05, 3.63) is 82.6 Å². The van der Waals surface area contributed by atoms with Crippen LogP contribution in [0.15, 0.2) is 60.2 Å². The number of aryl methyl sites for hydroxylation is 2. The summed E-state index contributed by atoms with van der Waals surface area (Å²) in [7, 11) is 0. The van der Waals surface area contributed by atoms with Crippen LogP contribution in [0.3, 0.4) is 0 Å². The summed E-state index contributed by atoms with van der Waals surface area (Å²) < 4.78 is 1.89. The SMILES string of the molecule is Cc1nn(-c2ccccc2)c2c1C(C(C#N)C#N)C1=C(N2)c2ccccc2CC1. The molecule has 1 aliphatic carbocycles. The van der Waals surface area contributed by atoms with E-state index in [4.69, 9.17) is 5.10 Å². The molecule has 1 N–H and O–H groups in total. The molecular weight excluding hydrogens is 358 g/mol. The molecule has 1 atom stereocenters. The lowest BCUT2D eigenvalue weighted by atomic mass is 9.73. The number of hydrogen-bond acceptors (Lipinski definition) is 4.